The molecule has 1 aliphatic carbocycles. The Balaban J connectivity index is 1.88. The number of carbonyl (C=O) groups excluding carboxylic acids is 1. The molecule has 2 aromatic rings. The molecule has 1 aromatic carbocycles. The summed E-state index contributed by atoms with van der Waals surface area (Å²) < 4.78 is 10.8. The van der Waals surface area contributed by atoms with Gasteiger partial charge >= 0.3 is 0 Å². The molecule has 1 heterocycles. The van der Waals surface area contributed by atoms with Crippen molar-refractivity contribution in [3.63, 3.8) is 0 Å². The lowest BCUT2D eigenvalue weighted by atomic mass is 10.1. The molecule has 5 nitrogen and oxygen atoms in total. The highest BCUT2D eigenvalue weighted by molar-refractivity contribution is 6.07. The molecule has 1 fully saturated rings. The van der Waals surface area contributed by atoms with E-state index in [1.54, 1.807) is 32.2 Å². The number of furan rings is 1. The van der Waals surface area contributed by atoms with Crippen LogP contribution < -0.4 is 10.1 Å². The Labute approximate surface area is 122 Å². The van der Waals surface area contributed by atoms with Crippen molar-refractivity contribution < 1.29 is 19.1 Å². The van der Waals surface area contributed by atoms with Gasteiger partial charge in [0.15, 0.2) is 0 Å². The van der Waals surface area contributed by atoms with Crippen molar-refractivity contribution in [1.82, 2.24) is 5.32 Å². The molecule has 1 amide bonds. The number of aliphatic hydroxyl groups is 1. The number of aryl methyl sites for hydroxylation is 1. The normalized spacial score (nSPS) is 16.0. The lowest BCUT2D eigenvalue weighted by Gasteiger charge is -2.12. The van der Waals surface area contributed by atoms with E-state index in [4.69, 9.17) is 9.15 Å². The molecule has 0 radical (unpaired) electrons. The number of hydrogen-bond donors (Lipinski definition) is 2. The summed E-state index contributed by atoms with van der Waals surface area (Å²) in [4.78, 5) is 12.4. The van der Waals surface area contributed by atoms with E-state index in [1.807, 2.05) is 0 Å². The van der Waals surface area contributed by atoms with Gasteiger partial charge in [-0.25, -0.2) is 0 Å². The molecule has 0 unspecified atom stereocenters. The molecule has 3 rings (SSSR count). The fourth-order valence-corrected chi connectivity index (χ4v) is 2.53. The standard InChI is InChI=1S/C16H19NO4/c1-10-14(15(19)17-8-16(9-18)5-6-16)12-7-11(20-2)3-4-13(12)21-10/h3-4,7,18H,5-6,8-9H2,1-2H3,(H,17,19). The molecular formula is C16H19NO4. The van der Waals surface area contributed by atoms with E-state index in [2.05, 4.69) is 5.32 Å². The van der Waals surface area contributed by atoms with Crippen molar-refractivity contribution >= 4 is 16.9 Å². The number of benzene rings is 1. The van der Waals surface area contributed by atoms with Crippen LogP contribution >= 0.6 is 0 Å². The fraction of sp³-hybridized carbons (Fsp3) is 0.438. The van der Waals surface area contributed by atoms with Crippen LogP contribution in [0.2, 0.25) is 0 Å². The Morgan fingerprint density at radius 1 is 1.48 bits per heavy atom. The summed E-state index contributed by atoms with van der Waals surface area (Å²) in [6.07, 6.45) is 1.92. The van der Waals surface area contributed by atoms with Crippen LogP contribution in [0.5, 0.6) is 5.75 Å². The smallest absolute Gasteiger partial charge is 0.255 e. The van der Waals surface area contributed by atoms with Crippen LogP contribution in [0.15, 0.2) is 22.6 Å². The largest absolute Gasteiger partial charge is 0.497 e. The van der Waals surface area contributed by atoms with Crippen LogP contribution in [-0.4, -0.2) is 31.3 Å². The van der Waals surface area contributed by atoms with Crippen LogP contribution in [0.1, 0.15) is 29.0 Å². The number of nitrogens with one attached hydrogen (secondary N) is 1. The van der Waals surface area contributed by atoms with Gasteiger partial charge in [0, 0.05) is 17.3 Å². The molecule has 21 heavy (non-hydrogen) atoms. The molecule has 1 aliphatic rings. The summed E-state index contributed by atoms with van der Waals surface area (Å²) in [5.74, 6) is 1.11. The monoisotopic (exact) mass is 289 g/mol. The number of aliphatic hydroxyl groups excluding tert-OH is 1. The average Bonchev–Trinajstić information content (AvgIpc) is 3.20. The van der Waals surface area contributed by atoms with Crippen molar-refractivity contribution in [2.45, 2.75) is 19.8 Å². The minimum absolute atomic E-state index is 0.110. The second kappa shape index (κ2) is 5.07. The molecule has 1 saturated carbocycles. The number of hydrogen-bond acceptors (Lipinski definition) is 4. The van der Waals surface area contributed by atoms with Crippen molar-refractivity contribution in [2.75, 3.05) is 20.3 Å². The Bertz CT molecular complexity index is 685. The topological polar surface area (TPSA) is 71.7 Å². The quantitative estimate of drug-likeness (QED) is 0.885. The summed E-state index contributed by atoms with van der Waals surface area (Å²) >= 11 is 0. The highest BCUT2D eigenvalue weighted by Crippen LogP contribution is 2.44. The van der Waals surface area contributed by atoms with Crippen molar-refractivity contribution in [3.8, 4) is 5.75 Å². The first-order valence-corrected chi connectivity index (χ1v) is 7.05. The van der Waals surface area contributed by atoms with Gasteiger partial charge in [0.1, 0.15) is 17.1 Å². The van der Waals surface area contributed by atoms with Gasteiger partial charge in [0.25, 0.3) is 5.91 Å². The fourth-order valence-electron chi connectivity index (χ4n) is 2.53. The van der Waals surface area contributed by atoms with Gasteiger partial charge in [-0.15, -0.1) is 0 Å². The van der Waals surface area contributed by atoms with E-state index >= 15 is 0 Å². The molecule has 0 atom stereocenters. The van der Waals surface area contributed by atoms with Gasteiger partial charge in [-0.1, -0.05) is 0 Å². The highest BCUT2D eigenvalue weighted by atomic mass is 16.5. The number of rotatable bonds is 5. The first-order valence-electron chi connectivity index (χ1n) is 7.05. The van der Waals surface area contributed by atoms with E-state index in [-0.39, 0.29) is 17.9 Å². The molecule has 1 aromatic heterocycles. The third kappa shape index (κ3) is 2.49. The summed E-state index contributed by atoms with van der Waals surface area (Å²) in [6, 6.07) is 5.41. The van der Waals surface area contributed by atoms with Gasteiger partial charge in [0.05, 0.1) is 19.3 Å². The van der Waals surface area contributed by atoms with E-state index in [0.717, 1.165) is 18.2 Å². The van der Waals surface area contributed by atoms with Crippen molar-refractivity contribution in [3.05, 3.63) is 29.5 Å². The molecule has 5 heteroatoms. The Kier molecular flexibility index (Phi) is 3.37. The molecule has 2 N–H and O–H groups in total. The maximum atomic E-state index is 12.4. The first-order chi connectivity index (χ1) is 10.1. The van der Waals surface area contributed by atoms with Crippen LogP contribution in [0.25, 0.3) is 11.0 Å². The van der Waals surface area contributed by atoms with Crippen LogP contribution in [0.4, 0.5) is 0 Å². The van der Waals surface area contributed by atoms with Crippen LogP contribution in [0.3, 0.4) is 0 Å². The van der Waals surface area contributed by atoms with Gasteiger partial charge in [-0.3, -0.25) is 4.79 Å². The molecule has 0 bridgehead atoms. The summed E-state index contributed by atoms with van der Waals surface area (Å²) in [7, 11) is 1.59. The zero-order valence-electron chi connectivity index (χ0n) is 12.2. The molecule has 0 spiro atoms. The number of ether oxygens (including phenoxy) is 1. The molecular weight excluding hydrogens is 270 g/mol. The van der Waals surface area contributed by atoms with Gasteiger partial charge in [-0.05, 0) is 38.0 Å². The predicted octanol–water partition coefficient (Wildman–Crippen LogP) is 2.25. The zero-order valence-corrected chi connectivity index (χ0v) is 12.2. The van der Waals surface area contributed by atoms with E-state index in [0.29, 0.717) is 29.2 Å². The lowest BCUT2D eigenvalue weighted by molar-refractivity contribution is 0.0935. The van der Waals surface area contributed by atoms with Crippen LogP contribution in [0, 0.1) is 12.3 Å². The SMILES string of the molecule is COc1ccc2oc(C)c(C(=O)NCC3(CO)CC3)c2c1. The molecule has 0 aliphatic heterocycles. The second-order valence-electron chi connectivity index (χ2n) is 5.74. The number of amides is 1. The summed E-state index contributed by atoms with van der Waals surface area (Å²) in [5.41, 5.74) is 1.10. The Hall–Kier alpha value is -2.01. The van der Waals surface area contributed by atoms with E-state index < -0.39 is 0 Å². The zero-order chi connectivity index (χ0) is 15.0. The van der Waals surface area contributed by atoms with Gasteiger partial charge in [-0.2, -0.15) is 0 Å². The highest BCUT2D eigenvalue weighted by Gasteiger charge is 2.42. The minimum atomic E-state index is -0.167. The molecule has 112 valence electrons. The number of methoxy groups -OCH3 is 1. The van der Waals surface area contributed by atoms with Crippen molar-refractivity contribution in [1.29, 1.82) is 0 Å². The third-order valence-corrected chi connectivity index (χ3v) is 4.21. The maximum Gasteiger partial charge on any atom is 0.255 e. The van der Waals surface area contributed by atoms with Gasteiger partial charge < -0.3 is 19.6 Å². The number of fused-ring (bicyclic) bond motifs is 1. The maximum absolute atomic E-state index is 12.4. The van der Waals surface area contributed by atoms with E-state index in [9.17, 15) is 9.90 Å². The predicted molar refractivity (Wildman–Crippen MR) is 78.6 cm³/mol. The van der Waals surface area contributed by atoms with E-state index in [1.165, 1.54) is 0 Å². The third-order valence-electron chi connectivity index (χ3n) is 4.21. The number of carbonyl (C=O) groups is 1. The second-order valence-corrected chi connectivity index (χ2v) is 5.74. The minimum Gasteiger partial charge on any atom is -0.497 e. The first kappa shape index (κ1) is 13.9. The summed E-state index contributed by atoms with van der Waals surface area (Å²) in [5, 5.41) is 13.0. The Morgan fingerprint density at radius 3 is 2.86 bits per heavy atom. The van der Waals surface area contributed by atoms with Crippen molar-refractivity contribution in [2.24, 2.45) is 5.41 Å². The summed E-state index contributed by atoms with van der Waals surface area (Å²) in [6.45, 7) is 2.39. The Morgan fingerprint density at radius 2 is 2.24 bits per heavy atom. The molecule has 0 saturated heterocycles. The average molecular weight is 289 g/mol. The van der Waals surface area contributed by atoms with Gasteiger partial charge in [0.2, 0.25) is 0 Å². The lowest BCUT2D eigenvalue weighted by Crippen LogP contribution is -2.32. The van der Waals surface area contributed by atoms with Crippen LogP contribution in [-0.2, 0) is 0 Å².